The van der Waals surface area contributed by atoms with Crippen molar-refractivity contribution in [2.45, 2.75) is 27.7 Å². The lowest BCUT2D eigenvalue weighted by Crippen LogP contribution is -1.86. The molecule has 0 heterocycles. The maximum atomic E-state index is 9.63. The second-order valence-corrected chi connectivity index (χ2v) is 7.60. The molecule has 116 valence electrons. The van der Waals surface area contributed by atoms with Crippen molar-refractivity contribution >= 4 is 9.84 Å². The lowest BCUT2D eigenvalue weighted by molar-refractivity contribution is 0.607. The zero-order chi connectivity index (χ0) is 16.5. The zero-order valence-corrected chi connectivity index (χ0v) is 14.7. The summed E-state index contributed by atoms with van der Waals surface area (Å²) in [6.07, 6.45) is 2.32. The largest absolute Gasteiger partial charge is 0.229 e. The summed E-state index contributed by atoms with van der Waals surface area (Å²) in [5.74, 6) is 0. The van der Waals surface area contributed by atoms with Crippen LogP contribution in [0.3, 0.4) is 0 Å². The molecule has 0 N–H and O–H groups in total. The molecule has 2 rings (SSSR count). The van der Waals surface area contributed by atoms with Gasteiger partial charge in [-0.2, -0.15) is 0 Å². The van der Waals surface area contributed by atoms with Crippen molar-refractivity contribution in [1.82, 2.24) is 0 Å². The monoisotopic (exact) mass is 306 g/mol. The maximum Gasteiger partial charge on any atom is 0.144 e. The molecule has 0 saturated carbocycles. The van der Waals surface area contributed by atoms with Gasteiger partial charge in [0.2, 0.25) is 0 Å². The van der Waals surface area contributed by atoms with Gasteiger partial charge in [0.05, 0.1) is 0 Å². The predicted molar refractivity (Wildman–Crippen MR) is 92.6 cm³/mol. The Morgan fingerprint density at radius 2 is 0.714 bits per heavy atom. The van der Waals surface area contributed by atoms with Gasteiger partial charge in [0.1, 0.15) is 9.84 Å². The Morgan fingerprint density at radius 1 is 0.571 bits per heavy atom. The number of rotatable bonds is 0. The molecule has 0 radical (unpaired) electrons. The van der Waals surface area contributed by atoms with E-state index in [1.54, 1.807) is 0 Å². The van der Waals surface area contributed by atoms with Crippen LogP contribution in [-0.4, -0.2) is 20.9 Å². The molecule has 21 heavy (non-hydrogen) atoms. The van der Waals surface area contributed by atoms with E-state index in [4.69, 9.17) is 0 Å². The first kappa shape index (κ1) is 19.4. The third kappa shape index (κ3) is 11.9. The van der Waals surface area contributed by atoms with E-state index in [9.17, 15) is 8.42 Å². The molecule has 0 spiro atoms. The van der Waals surface area contributed by atoms with Gasteiger partial charge in [0.25, 0.3) is 0 Å². The molecule has 0 saturated heterocycles. The summed E-state index contributed by atoms with van der Waals surface area (Å²) in [7, 11) is -2.67. The van der Waals surface area contributed by atoms with Crippen molar-refractivity contribution in [3.63, 3.8) is 0 Å². The first-order valence-corrected chi connectivity index (χ1v) is 9.10. The highest BCUT2D eigenvalue weighted by molar-refractivity contribution is 7.89. The number of aryl methyl sites for hydroxylation is 4. The average molecular weight is 306 g/mol. The number of hydrogen-bond donors (Lipinski definition) is 0. The summed E-state index contributed by atoms with van der Waals surface area (Å²) in [5.41, 5.74) is 5.47. The van der Waals surface area contributed by atoms with Gasteiger partial charge in [-0.15, -0.1) is 0 Å². The van der Waals surface area contributed by atoms with Crippen molar-refractivity contribution in [3.8, 4) is 0 Å². The van der Waals surface area contributed by atoms with Crippen molar-refractivity contribution in [2.24, 2.45) is 0 Å². The van der Waals surface area contributed by atoms with E-state index in [1.165, 1.54) is 22.3 Å². The van der Waals surface area contributed by atoms with Crippen molar-refractivity contribution in [2.75, 3.05) is 12.5 Å². The van der Waals surface area contributed by atoms with Gasteiger partial charge in [-0.3, -0.25) is 0 Å². The van der Waals surface area contributed by atoms with E-state index in [-0.39, 0.29) is 0 Å². The van der Waals surface area contributed by atoms with Crippen LogP contribution in [0.2, 0.25) is 0 Å². The summed E-state index contributed by atoms with van der Waals surface area (Å²) >= 11 is 0. The fourth-order valence-electron chi connectivity index (χ4n) is 1.33. The highest BCUT2D eigenvalue weighted by atomic mass is 32.2. The predicted octanol–water partition coefficient (Wildman–Crippen LogP) is 4.27. The minimum absolute atomic E-state index is 1.16. The summed E-state index contributed by atoms with van der Waals surface area (Å²) in [4.78, 5) is 0. The van der Waals surface area contributed by atoms with Crippen molar-refractivity contribution < 1.29 is 8.42 Å². The average Bonchev–Trinajstić information content (AvgIpc) is 2.35. The van der Waals surface area contributed by atoms with Gasteiger partial charge in [0, 0.05) is 12.5 Å². The lowest BCUT2D eigenvalue weighted by Gasteiger charge is -1.93. The van der Waals surface area contributed by atoms with E-state index in [2.05, 4.69) is 76.2 Å². The second-order valence-electron chi connectivity index (χ2n) is 5.31. The maximum absolute atomic E-state index is 9.63. The first-order chi connectivity index (χ1) is 9.61. The molecular weight excluding hydrogens is 280 g/mol. The van der Waals surface area contributed by atoms with Crippen LogP contribution in [0.25, 0.3) is 0 Å². The third-order valence-corrected chi connectivity index (χ3v) is 2.85. The molecule has 2 nitrogen and oxygen atoms in total. The van der Waals surface area contributed by atoms with Gasteiger partial charge in [-0.05, 0) is 49.9 Å². The van der Waals surface area contributed by atoms with Gasteiger partial charge in [-0.25, -0.2) is 8.42 Å². The van der Waals surface area contributed by atoms with Crippen LogP contribution >= 0.6 is 0 Å². The Bertz CT molecular complexity index is 550. The SMILES string of the molecule is CS(C)(=O)=O.Cc1ccccc1C.Cc1ccccc1C. The summed E-state index contributed by atoms with van der Waals surface area (Å²) in [6.45, 7) is 8.48. The highest BCUT2D eigenvalue weighted by Crippen LogP contribution is 2.03. The molecule has 0 bridgehead atoms. The van der Waals surface area contributed by atoms with E-state index in [0.29, 0.717) is 0 Å². The van der Waals surface area contributed by atoms with Crippen LogP contribution in [0.15, 0.2) is 48.5 Å². The Morgan fingerprint density at radius 3 is 0.810 bits per heavy atom. The van der Waals surface area contributed by atoms with Crippen LogP contribution in [-0.2, 0) is 9.84 Å². The van der Waals surface area contributed by atoms with Crippen LogP contribution in [0, 0.1) is 27.7 Å². The molecule has 0 unspecified atom stereocenters. The molecule has 0 aliphatic rings. The summed E-state index contributed by atoms with van der Waals surface area (Å²) < 4.78 is 19.3. The molecule has 2 aromatic carbocycles. The van der Waals surface area contributed by atoms with E-state index >= 15 is 0 Å². The van der Waals surface area contributed by atoms with Crippen molar-refractivity contribution in [1.29, 1.82) is 0 Å². The molecule has 0 aromatic heterocycles. The summed E-state index contributed by atoms with van der Waals surface area (Å²) in [6, 6.07) is 16.7. The lowest BCUT2D eigenvalue weighted by atomic mass is 10.1. The second kappa shape index (κ2) is 9.35. The van der Waals surface area contributed by atoms with E-state index in [1.807, 2.05) is 0 Å². The smallest absolute Gasteiger partial charge is 0.144 e. The molecule has 0 fully saturated rings. The number of benzene rings is 2. The number of hydrogen-bond acceptors (Lipinski definition) is 2. The standard InChI is InChI=1S/2C8H10.C2H6O2S/c2*1-7-5-3-4-6-8(7)2;1-5(2,3)4/h2*3-6H,1-2H3;1-2H3. The van der Waals surface area contributed by atoms with Crippen LogP contribution in [0.5, 0.6) is 0 Å². The molecule has 0 aliphatic heterocycles. The molecule has 2 aromatic rings. The normalized spacial score (nSPS) is 9.81. The van der Waals surface area contributed by atoms with Gasteiger partial charge in [0.15, 0.2) is 0 Å². The van der Waals surface area contributed by atoms with Gasteiger partial charge < -0.3 is 0 Å². The fraction of sp³-hybridized carbons (Fsp3) is 0.333. The molecule has 0 aliphatic carbocycles. The minimum atomic E-state index is -2.67. The Balaban J connectivity index is 0.000000296. The van der Waals surface area contributed by atoms with Crippen LogP contribution < -0.4 is 0 Å². The molecule has 0 amide bonds. The van der Waals surface area contributed by atoms with Gasteiger partial charge in [-0.1, -0.05) is 48.5 Å². The van der Waals surface area contributed by atoms with Gasteiger partial charge >= 0.3 is 0 Å². The van der Waals surface area contributed by atoms with E-state index < -0.39 is 9.84 Å². The molecule has 3 heteroatoms. The quantitative estimate of drug-likeness (QED) is 0.728. The zero-order valence-electron chi connectivity index (χ0n) is 13.8. The summed E-state index contributed by atoms with van der Waals surface area (Å²) in [5, 5.41) is 0. The topological polar surface area (TPSA) is 34.1 Å². The fourth-order valence-corrected chi connectivity index (χ4v) is 1.33. The Kier molecular flexibility index (Phi) is 8.63. The Hall–Kier alpha value is -1.61. The van der Waals surface area contributed by atoms with Crippen molar-refractivity contribution in [3.05, 3.63) is 70.8 Å². The molecule has 0 atom stereocenters. The Labute approximate surface area is 129 Å². The minimum Gasteiger partial charge on any atom is -0.229 e. The number of sulfone groups is 1. The molecular formula is C18H26O2S. The first-order valence-electron chi connectivity index (χ1n) is 6.80. The highest BCUT2D eigenvalue weighted by Gasteiger charge is 1.84. The van der Waals surface area contributed by atoms with Crippen LogP contribution in [0.4, 0.5) is 0 Å². The van der Waals surface area contributed by atoms with Crippen LogP contribution in [0.1, 0.15) is 22.3 Å². The van der Waals surface area contributed by atoms with E-state index in [0.717, 1.165) is 12.5 Å². The third-order valence-electron chi connectivity index (χ3n) is 2.85.